The Labute approximate surface area is 348 Å². The molecule has 1 N–H and O–H groups in total. The second-order valence-corrected chi connectivity index (χ2v) is 17.9. The molecule has 1 rings (SSSR count). The first kappa shape index (κ1) is 52.9. The number of allylic oxidation sites excluding steroid dienone is 7. The van der Waals surface area contributed by atoms with Gasteiger partial charge in [0.15, 0.2) is 6.10 Å². The van der Waals surface area contributed by atoms with Crippen LogP contribution in [0.5, 0.6) is 0 Å². The molecule has 57 heavy (non-hydrogen) atoms. The van der Waals surface area contributed by atoms with Crippen molar-refractivity contribution in [3.05, 3.63) is 48.6 Å². The van der Waals surface area contributed by atoms with Crippen molar-refractivity contribution in [3.8, 4) is 0 Å². The second kappa shape index (κ2) is 34.8. The predicted octanol–water partition coefficient (Wildman–Crippen LogP) is 11.7. The molecule has 0 aromatic carbocycles. The molecule has 4 atom stereocenters. The number of ether oxygens (including phenoxy) is 3. The van der Waals surface area contributed by atoms with Gasteiger partial charge in [0.25, 0.3) is 0 Å². The Morgan fingerprint density at radius 1 is 0.649 bits per heavy atom. The molecule has 0 bridgehead atoms. The molecule has 0 aromatic heterocycles. The van der Waals surface area contributed by atoms with Crippen LogP contribution in [0.15, 0.2) is 48.6 Å². The van der Waals surface area contributed by atoms with E-state index in [1.165, 1.54) is 64.2 Å². The monoisotopic (exact) mass is 825 g/mol. The lowest BCUT2D eigenvalue weighted by Gasteiger charge is -2.24. The van der Waals surface area contributed by atoms with Crippen LogP contribution < -0.4 is 0 Å². The zero-order valence-electron chi connectivity index (χ0n) is 36.8. The van der Waals surface area contributed by atoms with E-state index in [2.05, 4.69) is 62.5 Å². The van der Waals surface area contributed by atoms with Gasteiger partial charge in [-0.2, -0.15) is 0 Å². The highest BCUT2D eigenvalue weighted by atomic mass is 31.2. The van der Waals surface area contributed by atoms with Crippen LogP contribution in [-0.2, 0) is 37.4 Å². The number of carbonyl (C=O) groups is 2. The first-order valence-corrected chi connectivity index (χ1v) is 24.0. The number of hydrogen-bond donors (Lipinski definition) is 1. The number of carbonyl (C=O) groups excluding carboxylic acids is 2. The van der Waals surface area contributed by atoms with Gasteiger partial charge in [0, 0.05) is 12.8 Å². The molecule has 1 aliphatic rings. The van der Waals surface area contributed by atoms with Crippen molar-refractivity contribution in [2.45, 2.75) is 186 Å². The molecule has 1 aliphatic heterocycles. The van der Waals surface area contributed by atoms with E-state index >= 15 is 0 Å². The Morgan fingerprint density at radius 3 is 1.84 bits per heavy atom. The number of nitrogens with zero attached hydrogens (tertiary/aromatic N) is 1. The molecule has 10 nitrogen and oxygen atoms in total. The van der Waals surface area contributed by atoms with Crippen LogP contribution in [0.3, 0.4) is 0 Å². The predicted molar refractivity (Wildman–Crippen MR) is 233 cm³/mol. The van der Waals surface area contributed by atoms with Crippen molar-refractivity contribution in [2.24, 2.45) is 0 Å². The van der Waals surface area contributed by atoms with Gasteiger partial charge in [0.05, 0.1) is 40.0 Å². The fourth-order valence-electron chi connectivity index (χ4n) is 6.09. The average molecular weight is 825 g/mol. The number of esters is 2. The van der Waals surface area contributed by atoms with Crippen LogP contribution in [0, 0.1) is 0 Å². The van der Waals surface area contributed by atoms with Crippen LogP contribution >= 0.6 is 7.82 Å². The van der Waals surface area contributed by atoms with Crippen LogP contribution in [-0.4, -0.2) is 87.1 Å². The standard InChI is InChI=1S/C46H82NO9P/c1-6-8-10-11-12-13-14-15-16-17-18-19-20-21-25-28-32-36-45(48)52-40-42(41-54-57(50,51)53-39-38-47(3,4)5)55-46(49)37-33-29-26-23-22-24-27-31-35-44-43(56-44)34-30-9-7-2/h15-16,18-19,21,25,27,31,42-44H,6-14,17,20,22-24,26,28-30,32-41H2,1-5H3/p+1/b16-15-,19-18-,25-21-,31-27-/t42-,43?,44?/m1/s1. The quantitative estimate of drug-likeness (QED) is 0.0161. The Hall–Kier alpha value is -2.07. The van der Waals surface area contributed by atoms with Crippen molar-refractivity contribution in [2.75, 3.05) is 47.5 Å². The smallest absolute Gasteiger partial charge is 0.462 e. The van der Waals surface area contributed by atoms with Crippen molar-refractivity contribution in [3.63, 3.8) is 0 Å². The fourth-order valence-corrected chi connectivity index (χ4v) is 6.84. The molecule has 1 heterocycles. The largest absolute Gasteiger partial charge is 0.472 e. The number of rotatable bonds is 39. The lowest BCUT2D eigenvalue weighted by Crippen LogP contribution is -2.37. The molecule has 1 saturated heterocycles. The molecule has 0 spiro atoms. The Bertz CT molecular complexity index is 1180. The zero-order valence-corrected chi connectivity index (χ0v) is 37.7. The molecule has 330 valence electrons. The zero-order chi connectivity index (χ0) is 41.9. The van der Waals surface area contributed by atoms with Crippen LogP contribution in [0.1, 0.15) is 168 Å². The third-order valence-electron chi connectivity index (χ3n) is 9.76. The summed E-state index contributed by atoms with van der Waals surface area (Å²) in [6.07, 6.45) is 41.9. The van der Waals surface area contributed by atoms with Crippen molar-refractivity contribution in [1.29, 1.82) is 0 Å². The summed E-state index contributed by atoms with van der Waals surface area (Å²) < 4.78 is 40.0. The topological polar surface area (TPSA) is 121 Å². The van der Waals surface area contributed by atoms with Crippen LogP contribution in [0.25, 0.3) is 0 Å². The molecule has 0 amide bonds. The summed E-state index contributed by atoms with van der Waals surface area (Å²) in [6, 6.07) is 0. The summed E-state index contributed by atoms with van der Waals surface area (Å²) in [7, 11) is 1.43. The Kier molecular flexibility index (Phi) is 32.3. The van der Waals surface area contributed by atoms with Gasteiger partial charge >= 0.3 is 19.8 Å². The van der Waals surface area contributed by atoms with Gasteiger partial charge in [0.1, 0.15) is 19.8 Å². The minimum atomic E-state index is -4.39. The number of phosphoric acid groups is 1. The molecule has 11 heteroatoms. The molecular weight excluding hydrogens is 741 g/mol. The van der Waals surface area contributed by atoms with E-state index in [9.17, 15) is 19.0 Å². The van der Waals surface area contributed by atoms with Gasteiger partial charge in [-0.25, -0.2) is 4.57 Å². The first-order chi connectivity index (χ1) is 27.5. The number of unbranched alkanes of at least 4 members (excludes halogenated alkanes) is 14. The molecule has 0 radical (unpaired) electrons. The summed E-state index contributed by atoms with van der Waals surface area (Å²) in [5.41, 5.74) is 0. The Morgan fingerprint density at radius 2 is 1.19 bits per heavy atom. The van der Waals surface area contributed by atoms with E-state index in [4.69, 9.17) is 23.3 Å². The highest BCUT2D eigenvalue weighted by molar-refractivity contribution is 7.47. The summed E-state index contributed by atoms with van der Waals surface area (Å²) in [4.78, 5) is 35.4. The first-order valence-electron chi connectivity index (χ1n) is 22.5. The van der Waals surface area contributed by atoms with Crippen molar-refractivity contribution in [1.82, 2.24) is 0 Å². The molecule has 1 fully saturated rings. The molecular formula is C46H83NO9P+. The minimum Gasteiger partial charge on any atom is -0.462 e. The van der Waals surface area contributed by atoms with Gasteiger partial charge in [-0.15, -0.1) is 0 Å². The third-order valence-corrected chi connectivity index (χ3v) is 10.7. The summed E-state index contributed by atoms with van der Waals surface area (Å²) >= 11 is 0. The van der Waals surface area contributed by atoms with E-state index in [-0.39, 0.29) is 26.1 Å². The van der Waals surface area contributed by atoms with E-state index in [0.29, 0.717) is 36.1 Å². The maximum Gasteiger partial charge on any atom is 0.472 e. The van der Waals surface area contributed by atoms with E-state index in [1.807, 2.05) is 21.1 Å². The lowest BCUT2D eigenvalue weighted by atomic mass is 10.1. The van der Waals surface area contributed by atoms with E-state index in [0.717, 1.165) is 64.2 Å². The number of hydrogen-bond acceptors (Lipinski definition) is 8. The number of phosphoric ester groups is 1. The fraction of sp³-hybridized carbons (Fsp3) is 0.783. The number of likely N-dealkylation sites (N-methyl/N-ethyl adjacent to an activating group) is 1. The van der Waals surface area contributed by atoms with Crippen LogP contribution in [0.2, 0.25) is 0 Å². The molecule has 3 unspecified atom stereocenters. The van der Waals surface area contributed by atoms with Gasteiger partial charge in [-0.3, -0.25) is 18.6 Å². The molecule has 0 saturated carbocycles. The van der Waals surface area contributed by atoms with Gasteiger partial charge in [-0.05, 0) is 70.6 Å². The summed E-state index contributed by atoms with van der Waals surface area (Å²) in [6.45, 7) is 4.29. The molecule has 0 aliphatic carbocycles. The van der Waals surface area contributed by atoms with Crippen molar-refractivity contribution < 1.29 is 46.8 Å². The normalized spacial score (nSPS) is 17.6. The van der Waals surface area contributed by atoms with Crippen LogP contribution in [0.4, 0.5) is 0 Å². The Balaban J connectivity index is 2.32. The highest BCUT2D eigenvalue weighted by Gasteiger charge is 2.36. The van der Waals surface area contributed by atoms with Gasteiger partial charge < -0.3 is 23.6 Å². The third kappa shape index (κ3) is 35.6. The van der Waals surface area contributed by atoms with E-state index < -0.39 is 32.5 Å². The SMILES string of the molecule is CCCCCCCC/C=C\C/C=C\C/C=C\CCCC(=O)OC[C@H](COP(=O)(O)OCC[N+](C)(C)C)OC(=O)CCCCCCC/C=C\CC1OC1CCCCC. The average Bonchev–Trinajstić information content (AvgIpc) is 3.91. The van der Waals surface area contributed by atoms with Gasteiger partial charge in [0.2, 0.25) is 0 Å². The van der Waals surface area contributed by atoms with Crippen molar-refractivity contribution >= 4 is 19.8 Å². The maximum absolute atomic E-state index is 12.7. The maximum atomic E-state index is 12.7. The highest BCUT2D eigenvalue weighted by Crippen LogP contribution is 2.43. The van der Waals surface area contributed by atoms with Gasteiger partial charge in [-0.1, -0.05) is 133 Å². The molecule has 0 aromatic rings. The summed E-state index contributed by atoms with van der Waals surface area (Å²) in [5.74, 6) is -0.884. The summed E-state index contributed by atoms with van der Waals surface area (Å²) in [5, 5.41) is 0. The van der Waals surface area contributed by atoms with E-state index in [1.54, 1.807) is 0 Å². The number of epoxide rings is 1. The number of quaternary nitrogens is 1. The minimum absolute atomic E-state index is 0.0173. The second-order valence-electron chi connectivity index (χ2n) is 16.5. The lowest BCUT2D eigenvalue weighted by molar-refractivity contribution is -0.870.